The average molecular weight is 291 g/mol. The van der Waals surface area contributed by atoms with Crippen molar-refractivity contribution >= 4 is 28.7 Å². The van der Waals surface area contributed by atoms with Crippen LogP contribution in [0.5, 0.6) is 0 Å². The largest absolute Gasteiger partial charge is 0.396 e. The van der Waals surface area contributed by atoms with Crippen LogP contribution in [0.2, 0.25) is 0 Å². The van der Waals surface area contributed by atoms with E-state index in [1.54, 1.807) is 17.4 Å². The van der Waals surface area contributed by atoms with Crippen LogP contribution in [0.3, 0.4) is 0 Å². The summed E-state index contributed by atoms with van der Waals surface area (Å²) in [5, 5.41) is 4.11. The number of nitrogens with two attached hydrogens (primary N) is 2. The SMILES string of the molecule is CCc1cnc(C(C)Nc2nc(C(N)=O)ccc2N)s1. The highest BCUT2D eigenvalue weighted by Gasteiger charge is 2.13. The minimum Gasteiger partial charge on any atom is -0.396 e. The molecule has 6 nitrogen and oxygen atoms in total. The maximum Gasteiger partial charge on any atom is 0.267 e. The van der Waals surface area contributed by atoms with E-state index in [1.807, 2.05) is 13.1 Å². The maximum atomic E-state index is 11.1. The standard InChI is InChI=1S/C13H17N5OS/c1-3-8-6-16-13(20-8)7(2)17-12-9(14)4-5-10(18-12)11(15)19/h4-7H,3,14H2,1-2H3,(H2,15,19)(H,17,18). The van der Waals surface area contributed by atoms with Gasteiger partial charge in [-0.1, -0.05) is 6.92 Å². The molecule has 0 aliphatic rings. The van der Waals surface area contributed by atoms with E-state index in [9.17, 15) is 4.79 Å². The summed E-state index contributed by atoms with van der Waals surface area (Å²) in [6.07, 6.45) is 2.83. The maximum absolute atomic E-state index is 11.1. The van der Waals surface area contributed by atoms with Crippen LogP contribution in [0.25, 0.3) is 0 Å². The van der Waals surface area contributed by atoms with Crippen molar-refractivity contribution in [3.8, 4) is 0 Å². The number of rotatable bonds is 5. The van der Waals surface area contributed by atoms with E-state index in [0.717, 1.165) is 11.4 Å². The number of nitrogens with zero attached hydrogens (tertiary/aromatic N) is 2. The second kappa shape index (κ2) is 5.87. The molecule has 0 aliphatic carbocycles. The number of primary amides is 1. The van der Waals surface area contributed by atoms with Gasteiger partial charge in [0.15, 0.2) is 5.82 Å². The van der Waals surface area contributed by atoms with Crippen molar-refractivity contribution in [2.45, 2.75) is 26.3 Å². The molecule has 2 aromatic rings. The molecule has 0 aromatic carbocycles. The lowest BCUT2D eigenvalue weighted by molar-refractivity contribution is 0.0995. The van der Waals surface area contributed by atoms with Gasteiger partial charge < -0.3 is 16.8 Å². The number of nitrogens with one attached hydrogen (secondary N) is 1. The highest BCUT2D eigenvalue weighted by Crippen LogP contribution is 2.25. The fourth-order valence-corrected chi connectivity index (χ4v) is 2.54. The molecule has 1 amide bonds. The summed E-state index contributed by atoms with van der Waals surface area (Å²) >= 11 is 1.64. The van der Waals surface area contributed by atoms with Crippen molar-refractivity contribution in [1.29, 1.82) is 0 Å². The fourth-order valence-electron chi connectivity index (χ4n) is 1.68. The summed E-state index contributed by atoms with van der Waals surface area (Å²) in [5.74, 6) is -0.134. The van der Waals surface area contributed by atoms with E-state index in [-0.39, 0.29) is 11.7 Å². The number of carbonyl (C=O) groups excluding carboxylic acids is 1. The Morgan fingerprint density at radius 3 is 2.85 bits per heavy atom. The van der Waals surface area contributed by atoms with Crippen molar-refractivity contribution in [2.24, 2.45) is 5.73 Å². The molecule has 0 saturated heterocycles. The lowest BCUT2D eigenvalue weighted by Crippen LogP contribution is -2.16. The first-order valence-corrected chi connectivity index (χ1v) is 7.10. The fraction of sp³-hybridized carbons (Fsp3) is 0.308. The molecule has 2 rings (SSSR count). The van der Waals surface area contributed by atoms with E-state index < -0.39 is 5.91 Å². The predicted molar refractivity (Wildman–Crippen MR) is 80.7 cm³/mol. The van der Waals surface area contributed by atoms with E-state index in [1.165, 1.54) is 10.9 Å². The molecule has 2 aromatic heterocycles. The van der Waals surface area contributed by atoms with Crippen molar-refractivity contribution < 1.29 is 4.79 Å². The van der Waals surface area contributed by atoms with E-state index >= 15 is 0 Å². The molecule has 0 saturated carbocycles. The van der Waals surface area contributed by atoms with Gasteiger partial charge in [0.25, 0.3) is 5.91 Å². The molecule has 2 heterocycles. The minimum atomic E-state index is -0.580. The lowest BCUT2D eigenvalue weighted by atomic mass is 10.3. The Balaban J connectivity index is 2.20. The van der Waals surface area contributed by atoms with E-state index in [0.29, 0.717) is 11.5 Å². The van der Waals surface area contributed by atoms with Crippen molar-refractivity contribution in [2.75, 3.05) is 11.1 Å². The van der Waals surface area contributed by atoms with Crippen LogP contribution in [0.15, 0.2) is 18.3 Å². The number of nitrogen functional groups attached to an aromatic ring is 1. The molecule has 0 radical (unpaired) electrons. The molecule has 0 spiro atoms. The molecular formula is C13H17N5OS. The number of aryl methyl sites for hydroxylation is 1. The number of hydrogen-bond donors (Lipinski definition) is 3. The normalized spacial score (nSPS) is 12.1. The zero-order valence-electron chi connectivity index (χ0n) is 11.4. The van der Waals surface area contributed by atoms with Crippen molar-refractivity contribution in [3.05, 3.63) is 33.9 Å². The number of anilines is 2. The van der Waals surface area contributed by atoms with Crippen molar-refractivity contribution in [1.82, 2.24) is 9.97 Å². The summed E-state index contributed by atoms with van der Waals surface area (Å²) in [4.78, 5) is 20.9. The number of aromatic nitrogens is 2. The zero-order chi connectivity index (χ0) is 14.7. The van der Waals surface area contributed by atoms with Crippen LogP contribution in [-0.4, -0.2) is 15.9 Å². The summed E-state index contributed by atoms with van der Waals surface area (Å²) in [6.45, 7) is 4.06. The molecule has 1 unspecified atom stereocenters. The number of pyridine rings is 1. The molecule has 7 heteroatoms. The van der Waals surface area contributed by atoms with Gasteiger partial charge in [-0.15, -0.1) is 11.3 Å². The molecule has 0 fully saturated rings. The van der Waals surface area contributed by atoms with Gasteiger partial charge in [-0.2, -0.15) is 0 Å². The van der Waals surface area contributed by atoms with E-state index in [4.69, 9.17) is 11.5 Å². The second-order valence-corrected chi connectivity index (χ2v) is 5.53. The number of thiazole rings is 1. The highest BCUT2D eigenvalue weighted by atomic mass is 32.1. The molecule has 106 valence electrons. The summed E-state index contributed by atoms with van der Waals surface area (Å²) in [7, 11) is 0. The van der Waals surface area contributed by atoms with Gasteiger partial charge in [0.05, 0.1) is 11.7 Å². The molecular weight excluding hydrogens is 274 g/mol. The Bertz CT molecular complexity index is 625. The number of carbonyl (C=O) groups is 1. The first-order chi connectivity index (χ1) is 9.51. The molecule has 0 bridgehead atoms. The third-order valence-corrected chi connectivity index (χ3v) is 4.15. The van der Waals surface area contributed by atoms with Gasteiger partial charge in [-0.05, 0) is 25.5 Å². The Hall–Kier alpha value is -2.15. The average Bonchev–Trinajstić information content (AvgIpc) is 2.89. The van der Waals surface area contributed by atoms with Gasteiger partial charge in [-0.25, -0.2) is 9.97 Å². The van der Waals surface area contributed by atoms with Crippen LogP contribution in [-0.2, 0) is 6.42 Å². The van der Waals surface area contributed by atoms with Crippen LogP contribution in [0.1, 0.15) is 40.3 Å². The Morgan fingerprint density at radius 2 is 2.25 bits per heavy atom. The van der Waals surface area contributed by atoms with E-state index in [2.05, 4.69) is 22.2 Å². The zero-order valence-corrected chi connectivity index (χ0v) is 12.2. The topological polar surface area (TPSA) is 107 Å². The summed E-state index contributed by atoms with van der Waals surface area (Å²) in [5.41, 5.74) is 11.7. The monoisotopic (exact) mass is 291 g/mol. The van der Waals surface area contributed by atoms with Gasteiger partial charge in [0, 0.05) is 11.1 Å². The third-order valence-electron chi connectivity index (χ3n) is 2.82. The minimum absolute atomic E-state index is 0.0433. The Kier molecular flexibility index (Phi) is 4.19. The van der Waals surface area contributed by atoms with Crippen LogP contribution in [0.4, 0.5) is 11.5 Å². The first-order valence-electron chi connectivity index (χ1n) is 6.28. The summed E-state index contributed by atoms with van der Waals surface area (Å²) in [6, 6.07) is 3.08. The summed E-state index contributed by atoms with van der Waals surface area (Å²) < 4.78 is 0. The molecule has 1 atom stereocenters. The third kappa shape index (κ3) is 3.05. The van der Waals surface area contributed by atoms with Gasteiger partial charge in [0.1, 0.15) is 10.7 Å². The highest BCUT2D eigenvalue weighted by molar-refractivity contribution is 7.11. The predicted octanol–water partition coefficient (Wildman–Crippen LogP) is 1.95. The first kappa shape index (κ1) is 14.3. The smallest absolute Gasteiger partial charge is 0.267 e. The molecule has 5 N–H and O–H groups in total. The molecule has 20 heavy (non-hydrogen) atoms. The quantitative estimate of drug-likeness (QED) is 0.780. The van der Waals surface area contributed by atoms with Crippen LogP contribution >= 0.6 is 11.3 Å². The molecule has 0 aliphatic heterocycles. The van der Waals surface area contributed by atoms with Crippen molar-refractivity contribution in [3.63, 3.8) is 0 Å². The lowest BCUT2D eigenvalue weighted by Gasteiger charge is -2.14. The van der Waals surface area contributed by atoms with Gasteiger partial charge in [0.2, 0.25) is 0 Å². The second-order valence-electron chi connectivity index (χ2n) is 4.38. The van der Waals surface area contributed by atoms with Crippen LogP contribution in [0, 0.1) is 0 Å². The number of amides is 1. The van der Waals surface area contributed by atoms with Gasteiger partial charge in [-0.3, -0.25) is 4.79 Å². The Morgan fingerprint density at radius 1 is 1.50 bits per heavy atom. The Labute approximate surface area is 121 Å². The number of hydrogen-bond acceptors (Lipinski definition) is 6. The van der Waals surface area contributed by atoms with Crippen LogP contribution < -0.4 is 16.8 Å². The van der Waals surface area contributed by atoms with Gasteiger partial charge >= 0.3 is 0 Å².